The summed E-state index contributed by atoms with van der Waals surface area (Å²) in [7, 11) is 1.50. The maximum Gasteiger partial charge on any atom is 0.246 e. The second-order valence-corrected chi connectivity index (χ2v) is 8.67. The normalized spacial score (nSPS) is 15.8. The monoisotopic (exact) mass is 511 g/mol. The molecule has 33 heavy (non-hydrogen) atoms. The maximum atomic E-state index is 12.9. The molecule has 10 heteroatoms. The van der Waals surface area contributed by atoms with Crippen LogP contribution in [0.15, 0.2) is 43.0 Å². The highest BCUT2D eigenvalue weighted by atomic mass is 35.5. The molecule has 1 heterocycles. The Balaban J connectivity index is 1.79. The first-order chi connectivity index (χ1) is 15.8. The average molecular weight is 513 g/mol. The van der Waals surface area contributed by atoms with E-state index in [-0.39, 0.29) is 31.5 Å². The molecule has 2 N–H and O–H groups in total. The number of carbonyl (C=O) groups excluding carboxylic acids is 2. The number of halogens is 3. The summed E-state index contributed by atoms with van der Waals surface area (Å²) in [5, 5.41) is 14.2. The lowest BCUT2D eigenvalue weighted by molar-refractivity contribution is -0.140. The zero-order chi connectivity index (χ0) is 24.1. The standard InChI is InChI=1S/C23H24Cl3N3O4/c1-3-22(31)28-6-7-29(15(12-28)13-30)23(32)11-27-20-9-17(19(26)10-21(20)33-2)16-8-14(24)4-5-18(16)25/h3-5,8-10,15,27,30H,1,6-7,11-13H2,2H3. The number of amides is 2. The molecular weight excluding hydrogens is 489 g/mol. The first-order valence-electron chi connectivity index (χ1n) is 10.2. The van der Waals surface area contributed by atoms with E-state index in [0.29, 0.717) is 50.7 Å². The van der Waals surface area contributed by atoms with Crippen molar-refractivity contribution in [2.75, 3.05) is 45.2 Å². The molecular formula is C23H24Cl3N3O4. The largest absolute Gasteiger partial charge is 0.495 e. The highest BCUT2D eigenvalue weighted by molar-refractivity contribution is 6.37. The van der Waals surface area contributed by atoms with Gasteiger partial charge >= 0.3 is 0 Å². The van der Waals surface area contributed by atoms with Crippen molar-refractivity contribution in [3.8, 4) is 16.9 Å². The van der Waals surface area contributed by atoms with E-state index in [4.69, 9.17) is 39.5 Å². The molecule has 0 spiro atoms. The first-order valence-corrected chi connectivity index (χ1v) is 11.3. The number of benzene rings is 2. The molecule has 1 aliphatic rings. The van der Waals surface area contributed by atoms with Crippen molar-refractivity contribution in [2.24, 2.45) is 0 Å². The van der Waals surface area contributed by atoms with Gasteiger partial charge in [0.1, 0.15) is 5.75 Å². The van der Waals surface area contributed by atoms with Crippen molar-refractivity contribution < 1.29 is 19.4 Å². The van der Waals surface area contributed by atoms with Gasteiger partial charge < -0.3 is 25.0 Å². The molecule has 7 nitrogen and oxygen atoms in total. The Labute approximate surface area is 207 Å². The molecule has 0 aromatic heterocycles. The highest BCUT2D eigenvalue weighted by Crippen LogP contribution is 2.40. The highest BCUT2D eigenvalue weighted by Gasteiger charge is 2.31. The lowest BCUT2D eigenvalue weighted by Gasteiger charge is -2.40. The molecule has 1 unspecified atom stereocenters. The van der Waals surface area contributed by atoms with Crippen LogP contribution in [-0.2, 0) is 9.59 Å². The third-order valence-electron chi connectivity index (χ3n) is 5.44. The average Bonchev–Trinajstić information content (AvgIpc) is 2.83. The van der Waals surface area contributed by atoms with Gasteiger partial charge in [0.05, 0.1) is 37.0 Å². The van der Waals surface area contributed by atoms with Crippen molar-refractivity contribution in [3.63, 3.8) is 0 Å². The third-order valence-corrected chi connectivity index (χ3v) is 6.32. The third kappa shape index (κ3) is 5.73. The zero-order valence-corrected chi connectivity index (χ0v) is 20.3. The molecule has 1 saturated heterocycles. The second-order valence-electron chi connectivity index (χ2n) is 7.42. The number of anilines is 1. The topological polar surface area (TPSA) is 82.1 Å². The smallest absolute Gasteiger partial charge is 0.246 e. The number of aliphatic hydroxyl groups excluding tert-OH is 1. The van der Waals surface area contributed by atoms with Crippen molar-refractivity contribution in [2.45, 2.75) is 6.04 Å². The van der Waals surface area contributed by atoms with Crippen LogP contribution in [0, 0.1) is 0 Å². The Kier molecular flexibility index (Phi) is 8.48. The molecule has 0 saturated carbocycles. The Hall–Kier alpha value is -2.45. The minimum atomic E-state index is -0.495. The van der Waals surface area contributed by atoms with Crippen molar-refractivity contribution in [1.29, 1.82) is 0 Å². The van der Waals surface area contributed by atoms with E-state index in [9.17, 15) is 14.7 Å². The molecule has 1 atom stereocenters. The minimum absolute atomic E-state index is 0.0490. The van der Waals surface area contributed by atoms with Gasteiger partial charge in [0.15, 0.2) is 0 Å². The summed E-state index contributed by atoms with van der Waals surface area (Å²) < 4.78 is 5.42. The second kappa shape index (κ2) is 11.1. The number of methoxy groups -OCH3 is 1. The molecule has 2 amide bonds. The van der Waals surface area contributed by atoms with Crippen LogP contribution >= 0.6 is 34.8 Å². The predicted molar refractivity (Wildman–Crippen MR) is 131 cm³/mol. The summed E-state index contributed by atoms with van der Waals surface area (Å²) in [5.41, 5.74) is 1.82. The SMILES string of the molecule is C=CC(=O)N1CCN(C(=O)CNc2cc(-c3cc(Cl)ccc3Cl)c(Cl)cc2OC)C(CO)C1. The van der Waals surface area contributed by atoms with Crippen LogP contribution in [0.2, 0.25) is 15.1 Å². The van der Waals surface area contributed by atoms with Gasteiger partial charge in [0.25, 0.3) is 0 Å². The van der Waals surface area contributed by atoms with Gasteiger partial charge in [0, 0.05) is 46.9 Å². The van der Waals surface area contributed by atoms with Gasteiger partial charge in [-0.05, 0) is 30.3 Å². The number of rotatable bonds is 7. The van der Waals surface area contributed by atoms with Crippen LogP contribution in [-0.4, -0.2) is 72.7 Å². The Bertz CT molecular complexity index is 1060. The van der Waals surface area contributed by atoms with Crippen LogP contribution < -0.4 is 10.1 Å². The van der Waals surface area contributed by atoms with Gasteiger partial charge in [-0.1, -0.05) is 41.4 Å². The number of nitrogens with one attached hydrogen (secondary N) is 1. The van der Waals surface area contributed by atoms with Gasteiger partial charge in [-0.25, -0.2) is 0 Å². The van der Waals surface area contributed by atoms with E-state index in [2.05, 4.69) is 11.9 Å². The first kappa shape index (κ1) is 25.2. The zero-order valence-electron chi connectivity index (χ0n) is 18.0. The molecule has 176 valence electrons. The lowest BCUT2D eigenvalue weighted by atomic mass is 10.0. The lowest BCUT2D eigenvalue weighted by Crippen LogP contribution is -2.58. The fraction of sp³-hybridized carbons (Fsp3) is 0.304. The number of nitrogens with zero attached hydrogens (tertiary/aromatic N) is 2. The summed E-state index contributed by atoms with van der Waals surface area (Å²) in [6.45, 7) is 4.11. The summed E-state index contributed by atoms with van der Waals surface area (Å²) in [6, 6.07) is 7.96. The molecule has 1 aliphatic heterocycles. The van der Waals surface area contributed by atoms with Crippen molar-refractivity contribution in [3.05, 3.63) is 58.1 Å². The number of piperazine rings is 1. The summed E-state index contributed by atoms with van der Waals surface area (Å²) >= 11 is 18.9. The van der Waals surface area contributed by atoms with Crippen LogP contribution in [0.1, 0.15) is 0 Å². The van der Waals surface area contributed by atoms with E-state index in [1.165, 1.54) is 13.2 Å². The Morgan fingerprint density at radius 2 is 1.91 bits per heavy atom. The van der Waals surface area contributed by atoms with E-state index in [1.54, 1.807) is 40.1 Å². The fourth-order valence-corrected chi connectivity index (χ4v) is 4.36. The summed E-state index contributed by atoms with van der Waals surface area (Å²) in [6.07, 6.45) is 1.23. The van der Waals surface area contributed by atoms with Crippen molar-refractivity contribution >= 4 is 52.3 Å². The molecule has 3 rings (SSSR count). The van der Waals surface area contributed by atoms with Crippen LogP contribution in [0.5, 0.6) is 5.75 Å². The van der Waals surface area contributed by atoms with Gasteiger partial charge in [-0.2, -0.15) is 0 Å². The number of aliphatic hydroxyl groups is 1. The fourth-order valence-electron chi connectivity index (χ4n) is 3.71. The van der Waals surface area contributed by atoms with Gasteiger partial charge in [-0.3, -0.25) is 9.59 Å². The number of carbonyl (C=O) groups is 2. The van der Waals surface area contributed by atoms with Crippen LogP contribution in [0.3, 0.4) is 0 Å². The Morgan fingerprint density at radius 1 is 1.18 bits per heavy atom. The van der Waals surface area contributed by atoms with Gasteiger partial charge in [0.2, 0.25) is 11.8 Å². The number of hydrogen-bond acceptors (Lipinski definition) is 5. The molecule has 1 fully saturated rings. The molecule has 0 bridgehead atoms. The molecule has 0 radical (unpaired) electrons. The minimum Gasteiger partial charge on any atom is -0.495 e. The van der Waals surface area contributed by atoms with E-state index < -0.39 is 6.04 Å². The van der Waals surface area contributed by atoms with E-state index in [0.717, 1.165) is 0 Å². The number of hydrogen-bond donors (Lipinski definition) is 2. The molecule has 0 aliphatic carbocycles. The quantitative estimate of drug-likeness (QED) is 0.549. The molecule has 2 aromatic carbocycles. The maximum absolute atomic E-state index is 12.9. The van der Waals surface area contributed by atoms with E-state index >= 15 is 0 Å². The van der Waals surface area contributed by atoms with E-state index in [1.807, 2.05) is 0 Å². The summed E-state index contributed by atoms with van der Waals surface area (Å²) in [5.74, 6) is 0.00526. The van der Waals surface area contributed by atoms with Crippen LogP contribution in [0.25, 0.3) is 11.1 Å². The summed E-state index contributed by atoms with van der Waals surface area (Å²) in [4.78, 5) is 27.9. The van der Waals surface area contributed by atoms with Gasteiger partial charge in [-0.15, -0.1) is 0 Å². The molecule has 2 aromatic rings. The Morgan fingerprint density at radius 3 is 2.58 bits per heavy atom. The van der Waals surface area contributed by atoms with Crippen LogP contribution in [0.4, 0.5) is 5.69 Å². The van der Waals surface area contributed by atoms with Crippen molar-refractivity contribution in [1.82, 2.24) is 9.80 Å². The predicted octanol–water partition coefficient (Wildman–Crippen LogP) is 3.95. The number of ether oxygens (including phenoxy) is 1.